The van der Waals surface area contributed by atoms with Gasteiger partial charge < -0.3 is 75.4 Å². The van der Waals surface area contributed by atoms with Gasteiger partial charge in [0.2, 0.25) is 0 Å². The number of carbonyl (C=O) groups excluding carboxylic acids is 1. The summed E-state index contributed by atoms with van der Waals surface area (Å²) in [5, 5.41) is 94.9. The van der Waals surface area contributed by atoms with Gasteiger partial charge in [0, 0.05) is 58.2 Å². The average molecular weight is 924 g/mol. The summed E-state index contributed by atoms with van der Waals surface area (Å²) in [7, 11) is 2.89. The minimum Gasteiger partial charge on any atom is -0.393 e. The molecular weight excluding hydrogens is 839 g/mol. The van der Waals surface area contributed by atoms with Crippen molar-refractivity contribution >= 4 is 6.29 Å². The molecule has 15 heteroatoms. The molecule has 1 aliphatic rings. The molecule has 0 aromatic rings. The van der Waals surface area contributed by atoms with Crippen LogP contribution in [0, 0.1) is 17.8 Å². The third-order valence-corrected chi connectivity index (χ3v) is 12.1. The first-order chi connectivity index (χ1) is 30.9. The number of methoxy groups -OCH3 is 2. The fraction of sp³-hybridized carbons (Fsp3) is 0.700. The summed E-state index contributed by atoms with van der Waals surface area (Å²) in [4.78, 5) is 10.6. The first kappa shape index (κ1) is 60.3. The van der Waals surface area contributed by atoms with E-state index < -0.39 is 73.1 Å². The number of nitrogens with two attached hydrogens (primary N) is 1. The monoisotopic (exact) mass is 924 g/mol. The highest BCUT2D eigenvalue weighted by Gasteiger charge is 2.37. The Morgan fingerprint density at radius 1 is 0.692 bits per heavy atom. The molecular formula is C50H85NO14. The van der Waals surface area contributed by atoms with Crippen LogP contribution in [0.15, 0.2) is 85.1 Å². The van der Waals surface area contributed by atoms with Crippen molar-refractivity contribution in [2.75, 3.05) is 20.8 Å². The molecule has 1 saturated heterocycles. The van der Waals surface area contributed by atoms with E-state index in [4.69, 9.17) is 24.7 Å². The van der Waals surface area contributed by atoms with Gasteiger partial charge in [-0.25, -0.2) is 0 Å². The van der Waals surface area contributed by atoms with Gasteiger partial charge in [-0.3, -0.25) is 0 Å². The third kappa shape index (κ3) is 26.4. The van der Waals surface area contributed by atoms with Crippen LogP contribution in [0.2, 0.25) is 0 Å². The van der Waals surface area contributed by atoms with Gasteiger partial charge in [0.15, 0.2) is 12.1 Å². The number of aliphatic hydroxyl groups is 9. The van der Waals surface area contributed by atoms with Crippen LogP contribution in [-0.4, -0.2) is 152 Å². The van der Waals surface area contributed by atoms with Crippen LogP contribution in [0.4, 0.5) is 0 Å². The largest absolute Gasteiger partial charge is 0.393 e. The van der Waals surface area contributed by atoms with Crippen LogP contribution in [0.1, 0.15) is 105 Å². The molecule has 11 N–H and O–H groups in total. The van der Waals surface area contributed by atoms with E-state index in [9.17, 15) is 50.8 Å². The fourth-order valence-electron chi connectivity index (χ4n) is 7.55. The molecule has 11 unspecified atom stereocenters. The van der Waals surface area contributed by atoms with E-state index in [2.05, 4.69) is 0 Å². The predicted octanol–water partition coefficient (Wildman–Crippen LogP) is 3.99. The summed E-state index contributed by atoms with van der Waals surface area (Å²) < 4.78 is 22.9. The van der Waals surface area contributed by atoms with Crippen molar-refractivity contribution in [3.63, 3.8) is 0 Å². The first-order valence-corrected chi connectivity index (χ1v) is 23.3. The van der Waals surface area contributed by atoms with E-state index in [0.29, 0.717) is 38.4 Å². The highest BCUT2D eigenvalue weighted by Crippen LogP contribution is 2.30. The van der Waals surface area contributed by atoms with Crippen molar-refractivity contribution in [3.05, 3.63) is 85.1 Å². The summed E-state index contributed by atoms with van der Waals surface area (Å²) in [5.74, 6) is -2.35. The number of allylic oxidation sites excluding steroid dienone is 12. The van der Waals surface area contributed by atoms with Crippen LogP contribution in [0.5, 0.6) is 0 Å². The smallest absolute Gasteiger partial charge is 0.169 e. The number of rotatable bonds is 35. The SMILES string of the molecule is CO[C@@H](C)[C@H](C)C(O)[C@@H](C)/C=C/C=C/C=C/C=C/C=C/C=C/C=C/C(CCC(CCN)[C@@H](O)CC(O)(CC(O)CC(O)C(O)CCC(O)CC(O)CC=O)OC)O[C@@H]1CCC(O)C(C)O1. The van der Waals surface area contributed by atoms with Gasteiger partial charge in [-0.05, 0) is 71.3 Å². The maximum Gasteiger partial charge on any atom is 0.169 e. The Hall–Kier alpha value is -2.71. The second-order valence-corrected chi connectivity index (χ2v) is 17.5. The molecule has 1 aliphatic heterocycles. The minimum atomic E-state index is -1.98. The maximum absolute atomic E-state index is 11.4. The van der Waals surface area contributed by atoms with Gasteiger partial charge in [0.05, 0.1) is 67.1 Å². The molecule has 1 heterocycles. The molecule has 0 saturated carbocycles. The van der Waals surface area contributed by atoms with Crippen LogP contribution < -0.4 is 5.73 Å². The van der Waals surface area contributed by atoms with E-state index >= 15 is 0 Å². The summed E-state index contributed by atoms with van der Waals surface area (Å²) in [6.45, 7) is 7.97. The van der Waals surface area contributed by atoms with Crippen molar-refractivity contribution < 1.29 is 69.7 Å². The standard InChI is InChI=1S/C50H85NO14/c1-35(49(60)36(2)37(3)62-5)19-17-15-13-11-9-7-8-10-12-14-16-18-20-43(65-48-26-25-44(56)38(4)64-48)23-21-39(27-29-51)47(59)34-50(61,63-6)33-42(55)32-46(58)45(57)24-22-40(53)31-41(54)28-30-52/h7-20,30,35-49,53-61H,21-29,31-34,51H2,1-6H3/b8-7+,11-9+,12-10+,15-13+,16-14+,19-17+,20-18+/t35-,36-,37-,38?,39?,40?,41?,42?,43?,44?,45?,46?,47-,48+,49?,50?/m0/s1. The van der Waals surface area contributed by atoms with Crippen LogP contribution >= 0.6 is 0 Å². The second kappa shape index (κ2) is 34.6. The topological polar surface area (TPSA) is 262 Å². The number of hydrogen-bond donors (Lipinski definition) is 10. The molecule has 0 bridgehead atoms. The van der Waals surface area contributed by atoms with Gasteiger partial charge >= 0.3 is 0 Å². The molecule has 374 valence electrons. The molecule has 65 heavy (non-hydrogen) atoms. The highest BCUT2D eigenvalue weighted by atomic mass is 16.7. The van der Waals surface area contributed by atoms with Gasteiger partial charge in [-0.15, -0.1) is 0 Å². The number of ether oxygens (including phenoxy) is 4. The molecule has 15 nitrogen and oxygen atoms in total. The molecule has 0 aromatic heterocycles. The molecule has 0 radical (unpaired) electrons. The Labute approximate surface area is 388 Å². The zero-order valence-electron chi connectivity index (χ0n) is 39.7. The average Bonchev–Trinajstić information content (AvgIpc) is 3.26. The van der Waals surface area contributed by atoms with Crippen molar-refractivity contribution in [2.24, 2.45) is 23.5 Å². The summed E-state index contributed by atoms with van der Waals surface area (Å²) in [6, 6.07) is 0. The Balaban J connectivity index is 2.84. The summed E-state index contributed by atoms with van der Waals surface area (Å²) in [6.07, 6.45) is 18.9. The highest BCUT2D eigenvalue weighted by molar-refractivity contribution is 5.50. The molecule has 0 spiro atoms. The van der Waals surface area contributed by atoms with Gasteiger partial charge in [-0.2, -0.15) is 0 Å². The van der Waals surface area contributed by atoms with Gasteiger partial charge in [-0.1, -0.05) is 98.9 Å². The van der Waals surface area contributed by atoms with Crippen LogP contribution in [0.25, 0.3) is 0 Å². The normalized spacial score (nSPS) is 24.5. The Morgan fingerprint density at radius 2 is 1.28 bits per heavy atom. The van der Waals surface area contributed by atoms with Crippen molar-refractivity contribution in [1.29, 1.82) is 0 Å². The summed E-state index contributed by atoms with van der Waals surface area (Å²) >= 11 is 0. The zero-order chi connectivity index (χ0) is 48.8. The molecule has 1 rings (SSSR count). The Morgan fingerprint density at radius 3 is 1.82 bits per heavy atom. The number of carbonyl (C=O) groups is 1. The van der Waals surface area contributed by atoms with E-state index in [1.165, 1.54) is 7.11 Å². The molecule has 0 aromatic carbocycles. The van der Waals surface area contributed by atoms with Crippen molar-refractivity contribution in [3.8, 4) is 0 Å². The third-order valence-electron chi connectivity index (χ3n) is 12.1. The lowest BCUT2D eigenvalue weighted by molar-refractivity contribution is -0.230. The van der Waals surface area contributed by atoms with Gasteiger partial charge in [0.1, 0.15) is 6.29 Å². The Bertz CT molecular complexity index is 1450. The quantitative estimate of drug-likeness (QED) is 0.0245. The van der Waals surface area contributed by atoms with E-state index in [-0.39, 0.29) is 75.3 Å². The first-order valence-electron chi connectivity index (χ1n) is 23.3. The molecule has 0 amide bonds. The molecule has 1 fully saturated rings. The van der Waals surface area contributed by atoms with Gasteiger partial charge in [0.25, 0.3) is 0 Å². The zero-order valence-corrected chi connectivity index (χ0v) is 39.7. The molecule has 16 atom stereocenters. The predicted molar refractivity (Wildman–Crippen MR) is 252 cm³/mol. The lowest BCUT2D eigenvalue weighted by Crippen LogP contribution is -2.42. The van der Waals surface area contributed by atoms with E-state index in [1.807, 2.05) is 106 Å². The minimum absolute atomic E-state index is 0.00560. The summed E-state index contributed by atoms with van der Waals surface area (Å²) in [5.41, 5.74) is 5.95. The van der Waals surface area contributed by atoms with Crippen molar-refractivity contribution in [1.82, 2.24) is 0 Å². The van der Waals surface area contributed by atoms with Crippen LogP contribution in [-0.2, 0) is 23.7 Å². The number of aldehydes is 1. The van der Waals surface area contributed by atoms with Crippen LogP contribution in [0.3, 0.4) is 0 Å². The number of aliphatic hydroxyl groups excluding tert-OH is 8. The van der Waals surface area contributed by atoms with E-state index in [0.717, 1.165) is 0 Å². The second-order valence-electron chi connectivity index (χ2n) is 17.5. The van der Waals surface area contributed by atoms with Crippen molar-refractivity contribution in [2.45, 2.75) is 184 Å². The maximum atomic E-state index is 11.4. The fourth-order valence-corrected chi connectivity index (χ4v) is 7.55. The molecule has 0 aliphatic carbocycles. The lowest BCUT2D eigenvalue weighted by Gasteiger charge is -2.35. The van der Waals surface area contributed by atoms with E-state index in [1.54, 1.807) is 14.0 Å². The number of hydrogen-bond acceptors (Lipinski definition) is 15. The Kier molecular flexibility index (Phi) is 32.1. The lowest BCUT2D eigenvalue weighted by atomic mass is 9.86.